The Kier molecular flexibility index (Phi) is 4.40. The van der Waals surface area contributed by atoms with Crippen LogP contribution in [-0.2, 0) is 0 Å². The van der Waals surface area contributed by atoms with E-state index in [1.807, 2.05) is 0 Å². The number of halogens is 3. The van der Waals surface area contributed by atoms with E-state index in [-0.39, 0.29) is 12.5 Å². The third kappa shape index (κ3) is 3.99. The minimum Gasteiger partial charge on any atom is -0.317 e. The summed E-state index contributed by atoms with van der Waals surface area (Å²) in [6.07, 6.45) is -2.50. The molecule has 0 aromatic heterocycles. The molecule has 90 valence electrons. The van der Waals surface area contributed by atoms with Crippen LogP contribution in [0.25, 0.3) is 0 Å². The first-order valence-corrected chi connectivity index (χ1v) is 5.45. The van der Waals surface area contributed by atoms with Crippen molar-refractivity contribution in [2.24, 2.45) is 5.92 Å². The summed E-state index contributed by atoms with van der Waals surface area (Å²) in [4.78, 5) is 0.642. The summed E-state index contributed by atoms with van der Waals surface area (Å²) in [5.74, 6) is 0.176. The van der Waals surface area contributed by atoms with Crippen molar-refractivity contribution >= 4 is 0 Å². The molecule has 0 atom stereocenters. The lowest BCUT2D eigenvalue weighted by atomic mass is 9.97. The van der Waals surface area contributed by atoms with E-state index in [2.05, 4.69) is 5.32 Å². The van der Waals surface area contributed by atoms with Gasteiger partial charge >= 0.3 is 6.30 Å². The molecule has 0 amide bonds. The number of alkyl halides is 3. The zero-order chi connectivity index (χ0) is 11.5. The van der Waals surface area contributed by atoms with Crippen LogP contribution in [0.1, 0.15) is 26.7 Å². The number of rotatable bonds is 3. The van der Waals surface area contributed by atoms with Crippen LogP contribution in [-0.4, -0.2) is 36.9 Å². The maximum atomic E-state index is 12.6. The van der Waals surface area contributed by atoms with Gasteiger partial charge in [0.1, 0.15) is 0 Å². The smallest absolute Gasteiger partial charge is 0.317 e. The van der Waals surface area contributed by atoms with Crippen molar-refractivity contribution in [2.75, 3.05) is 19.6 Å². The van der Waals surface area contributed by atoms with Crippen molar-refractivity contribution in [2.45, 2.75) is 39.0 Å². The second-order valence-electron chi connectivity index (χ2n) is 4.41. The molecule has 1 rings (SSSR count). The van der Waals surface area contributed by atoms with E-state index in [1.54, 1.807) is 13.8 Å². The van der Waals surface area contributed by atoms with E-state index in [0.29, 0.717) is 4.90 Å². The van der Waals surface area contributed by atoms with Gasteiger partial charge < -0.3 is 5.32 Å². The third-order valence-electron chi connectivity index (χ3n) is 2.86. The molecule has 0 aliphatic carbocycles. The number of nitrogens with zero attached hydrogens (tertiary/aromatic N) is 1. The molecule has 0 radical (unpaired) electrons. The number of hydrogen-bond acceptors (Lipinski definition) is 2. The summed E-state index contributed by atoms with van der Waals surface area (Å²) in [6.45, 7) is 5.01. The van der Waals surface area contributed by atoms with Crippen LogP contribution in [0.3, 0.4) is 0 Å². The van der Waals surface area contributed by atoms with Gasteiger partial charge in [-0.1, -0.05) is 0 Å². The van der Waals surface area contributed by atoms with Gasteiger partial charge in [-0.3, -0.25) is 0 Å². The second kappa shape index (κ2) is 5.16. The highest BCUT2D eigenvalue weighted by Gasteiger charge is 2.39. The zero-order valence-corrected chi connectivity index (χ0v) is 9.27. The predicted molar refractivity (Wildman–Crippen MR) is 53.5 cm³/mol. The van der Waals surface area contributed by atoms with Crippen LogP contribution >= 0.6 is 0 Å². The van der Waals surface area contributed by atoms with Crippen LogP contribution < -0.4 is 5.32 Å². The van der Waals surface area contributed by atoms with Gasteiger partial charge in [-0.05, 0) is 45.7 Å². The summed E-state index contributed by atoms with van der Waals surface area (Å²) < 4.78 is 37.9. The maximum Gasteiger partial charge on any atom is 0.460 e. The average Bonchev–Trinajstić information content (AvgIpc) is 2.13. The van der Waals surface area contributed by atoms with Crippen molar-refractivity contribution in [1.29, 1.82) is 0 Å². The molecule has 15 heavy (non-hydrogen) atoms. The summed E-state index contributed by atoms with van der Waals surface area (Å²) in [7, 11) is 0. The Morgan fingerprint density at radius 1 is 1.27 bits per heavy atom. The number of hydrogen-bond donors (Lipinski definition) is 1. The van der Waals surface area contributed by atoms with Gasteiger partial charge in [0.05, 0.1) is 0 Å². The molecule has 1 fully saturated rings. The number of piperidine rings is 1. The summed E-state index contributed by atoms with van der Waals surface area (Å²) in [6, 6.07) is -0.472. The number of nitrogens with one attached hydrogen (secondary N) is 1. The Hall–Kier alpha value is -0.290. The molecule has 5 heteroatoms. The summed E-state index contributed by atoms with van der Waals surface area (Å²) >= 11 is 0. The third-order valence-corrected chi connectivity index (χ3v) is 2.86. The van der Waals surface area contributed by atoms with E-state index in [0.717, 1.165) is 25.9 Å². The Bertz CT molecular complexity index is 186. The summed E-state index contributed by atoms with van der Waals surface area (Å²) in [5, 5.41) is 3.16. The highest BCUT2D eigenvalue weighted by Crippen LogP contribution is 2.26. The van der Waals surface area contributed by atoms with E-state index >= 15 is 0 Å². The highest BCUT2D eigenvalue weighted by atomic mass is 19.4. The van der Waals surface area contributed by atoms with Gasteiger partial charge in [-0.25, -0.2) is 4.90 Å². The molecule has 1 N–H and O–H groups in total. The Morgan fingerprint density at radius 2 is 1.80 bits per heavy atom. The van der Waals surface area contributed by atoms with Crippen LogP contribution in [0.15, 0.2) is 0 Å². The van der Waals surface area contributed by atoms with Crippen LogP contribution in [0, 0.1) is 5.92 Å². The first kappa shape index (κ1) is 12.8. The lowest BCUT2D eigenvalue weighted by Gasteiger charge is -2.33. The Balaban J connectivity index is 2.50. The molecule has 1 saturated heterocycles. The van der Waals surface area contributed by atoms with Gasteiger partial charge in [-0.15, -0.1) is 0 Å². The van der Waals surface area contributed by atoms with Crippen LogP contribution in [0.4, 0.5) is 13.2 Å². The molecule has 0 saturated carbocycles. The minimum absolute atomic E-state index is 0.142. The van der Waals surface area contributed by atoms with Gasteiger partial charge in [0.25, 0.3) is 0 Å². The lowest BCUT2D eigenvalue weighted by molar-refractivity contribution is -0.258. The molecule has 0 aromatic rings. The second-order valence-corrected chi connectivity index (χ2v) is 4.41. The monoisotopic (exact) mass is 224 g/mol. The Labute approximate surface area is 88.8 Å². The molecule has 1 aliphatic rings. The van der Waals surface area contributed by atoms with Crippen molar-refractivity contribution < 1.29 is 13.2 Å². The molecule has 1 heterocycles. The molecular formula is C10H19F3N2. The maximum absolute atomic E-state index is 12.6. The predicted octanol–water partition coefficient (Wildman–Crippen LogP) is 2.22. The van der Waals surface area contributed by atoms with E-state index in [1.165, 1.54) is 0 Å². The van der Waals surface area contributed by atoms with Gasteiger partial charge in [0, 0.05) is 12.6 Å². The molecule has 2 nitrogen and oxygen atoms in total. The molecular weight excluding hydrogens is 205 g/mol. The first-order valence-electron chi connectivity index (χ1n) is 5.45. The topological polar surface area (TPSA) is 15.3 Å². The fourth-order valence-corrected chi connectivity index (χ4v) is 1.95. The van der Waals surface area contributed by atoms with E-state index in [4.69, 9.17) is 0 Å². The molecule has 0 spiro atoms. The van der Waals surface area contributed by atoms with Crippen LogP contribution in [0.5, 0.6) is 0 Å². The van der Waals surface area contributed by atoms with E-state index < -0.39 is 12.3 Å². The van der Waals surface area contributed by atoms with Gasteiger partial charge in [0.15, 0.2) is 0 Å². The fraction of sp³-hybridized carbons (Fsp3) is 1.00. The lowest BCUT2D eigenvalue weighted by Crippen LogP contribution is -2.47. The zero-order valence-electron chi connectivity index (χ0n) is 9.27. The van der Waals surface area contributed by atoms with Crippen molar-refractivity contribution in [3.8, 4) is 0 Å². The largest absolute Gasteiger partial charge is 0.460 e. The quantitative estimate of drug-likeness (QED) is 0.739. The van der Waals surface area contributed by atoms with E-state index in [9.17, 15) is 13.2 Å². The van der Waals surface area contributed by atoms with Crippen molar-refractivity contribution in [3.63, 3.8) is 0 Å². The summed E-state index contributed by atoms with van der Waals surface area (Å²) in [5.41, 5.74) is 0. The Morgan fingerprint density at radius 3 is 2.20 bits per heavy atom. The van der Waals surface area contributed by atoms with Crippen molar-refractivity contribution in [1.82, 2.24) is 10.2 Å². The van der Waals surface area contributed by atoms with Gasteiger partial charge in [0.2, 0.25) is 0 Å². The minimum atomic E-state index is -4.20. The molecule has 0 aromatic carbocycles. The van der Waals surface area contributed by atoms with Gasteiger partial charge in [-0.2, -0.15) is 13.2 Å². The normalized spacial score (nSPS) is 20.2. The van der Waals surface area contributed by atoms with Crippen LogP contribution in [0.2, 0.25) is 0 Å². The average molecular weight is 224 g/mol. The first-order chi connectivity index (χ1) is 6.91. The molecule has 0 unspecified atom stereocenters. The standard InChI is InChI=1S/C10H19F3N2/c1-8(2)15(10(11,12)13)7-9-3-5-14-6-4-9/h8-9,14H,3-7H2,1-2H3. The molecule has 0 bridgehead atoms. The SMILES string of the molecule is CC(C)N(CC1CCNCC1)C(F)(F)F. The van der Waals surface area contributed by atoms with Crippen molar-refractivity contribution in [3.05, 3.63) is 0 Å². The fourth-order valence-electron chi connectivity index (χ4n) is 1.95. The highest BCUT2D eigenvalue weighted by molar-refractivity contribution is 4.75. The molecule has 1 aliphatic heterocycles.